The Bertz CT molecular complexity index is 378. The highest BCUT2D eigenvalue weighted by atomic mass is 79.9. The maximum absolute atomic E-state index is 5.76. The fraction of sp³-hybridized carbons (Fsp3) is 0.583. The summed E-state index contributed by atoms with van der Waals surface area (Å²) >= 11 is 9.38. The number of halogens is 2. The second kappa shape index (κ2) is 6.03. The van der Waals surface area contributed by atoms with E-state index in [9.17, 15) is 0 Å². The Balaban J connectivity index is 2.03. The lowest BCUT2D eigenvalue weighted by molar-refractivity contribution is 0.272. The number of nitrogens with zero attached hydrogens (tertiary/aromatic N) is 3. The van der Waals surface area contributed by atoms with Crippen LogP contribution in [0.25, 0.3) is 0 Å². The van der Waals surface area contributed by atoms with Crippen LogP contribution in [0.4, 0.5) is 5.82 Å². The van der Waals surface area contributed by atoms with Crippen LogP contribution in [0.2, 0.25) is 0 Å². The molecule has 0 amide bonds. The molecule has 1 saturated heterocycles. The van der Waals surface area contributed by atoms with Gasteiger partial charge >= 0.3 is 0 Å². The molecule has 1 aliphatic rings. The molecular weight excluding hydrogens is 302 g/mol. The lowest BCUT2D eigenvalue weighted by atomic mass is 10.2. The molecule has 94 valence electrons. The molecular formula is C12H17BrClN3. The van der Waals surface area contributed by atoms with Gasteiger partial charge in [0.15, 0.2) is 0 Å². The van der Waals surface area contributed by atoms with Crippen molar-refractivity contribution in [2.75, 3.05) is 43.5 Å². The molecule has 3 nitrogen and oxygen atoms in total. The van der Waals surface area contributed by atoms with Gasteiger partial charge in [-0.05, 0) is 34.5 Å². The fourth-order valence-electron chi connectivity index (χ4n) is 2.05. The lowest BCUT2D eigenvalue weighted by Crippen LogP contribution is -2.47. The number of pyridine rings is 1. The van der Waals surface area contributed by atoms with Gasteiger partial charge in [-0.15, -0.1) is 11.6 Å². The van der Waals surface area contributed by atoms with E-state index in [4.69, 9.17) is 11.6 Å². The van der Waals surface area contributed by atoms with Crippen molar-refractivity contribution in [1.29, 1.82) is 0 Å². The third kappa shape index (κ3) is 3.12. The van der Waals surface area contributed by atoms with E-state index in [1.807, 2.05) is 12.3 Å². The second-order valence-electron chi connectivity index (χ2n) is 4.28. The minimum Gasteiger partial charge on any atom is -0.353 e. The molecule has 1 fully saturated rings. The van der Waals surface area contributed by atoms with Crippen LogP contribution < -0.4 is 4.90 Å². The summed E-state index contributed by atoms with van der Waals surface area (Å²) in [7, 11) is 0. The predicted molar refractivity (Wildman–Crippen MR) is 76.0 cm³/mol. The molecule has 0 atom stereocenters. The normalized spacial score (nSPS) is 17.5. The van der Waals surface area contributed by atoms with Crippen LogP contribution >= 0.6 is 27.5 Å². The number of piperazine rings is 1. The van der Waals surface area contributed by atoms with Gasteiger partial charge in [0.25, 0.3) is 0 Å². The molecule has 1 aliphatic heterocycles. The molecule has 2 rings (SSSR count). The predicted octanol–water partition coefficient (Wildman–Crippen LogP) is 2.51. The molecule has 0 bridgehead atoms. The van der Waals surface area contributed by atoms with Gasteiger partial charge in [-0.25, -0.2) is 4.98 Å². The number of aromatic nitrogens is 1. The minimum absolute atomic E-state index is 0.715. The first kappa shape index (κ1) is 13.1. The molecule has 0 aromatic carbocycles. The smallest absolute Gasteiger partial charge is 0.143 e. The Labute approximate surface area is 116 Å². The van der Waals surface area contributed by atoms with Gasteiger partial charge in [-0.3, -0.25) is 4.90 Å². The molecule has 0 N–H and O–H groups in total. The summed E-state index contributed by atoms with van der Waals surface area (Å²) in [5.74, 6) is 1.78. The zero-order valence-electron chi connectivity index (χ0n) is 9.99. The van der Waals surface area contributed by atoms with Crippen LogP contribution in [0.15, 0.2) is 16.7 Å². The number of hydrogen-bond acceptors (Lipinski definition) is 3. The molecule has 0 radical (unpaired) electrons. The number of rotatable bonds is 3. The van der Waals surface area contributed by atoms with Crippen molar-refractivity contribution >= 4 is 33.3 Å². The van der Waals surface area contributed by atoms with Gasteiger partial charge in [0.05, 0.1) is 4.47 Å². The van der Waals surface area contributed by atoms with Crippen molar-refractivity contribution in [2.45, 2.75) is 6.92 Å². The standard InChI is InChI=1S/C12H17BrClN3/c1-10-2-4-15-12(11(10)13)17-8-6-16(5-3-14)7-9-17/h2,4H,3,5-9H2,1H3. The van der Waals surface area contributed by atoms with Crippen LogP contribution in [-0.2, 0) is 0 Å². The Morgan fingerprint density at radius 2 is 2.06 bits per heavy atom. The topological polar surface area (TPSA) is 19.4 Å². The van der Waals surface area contributed by atoms with E-state index in [1.54, 1.807) is 0 Å². The lowest BCUT2D eigenvalue weighted by Gasteiger charge is -2.35. The quantitative estimate of drug-likeness (QED) is 0.798. The van der Waals surface area contributed by atoms with Gasteiger partial charge in [-0.1, -0.05) is 0 Å². The largest absolute Gasteiger partial charge is 0.353 e. The zero-order chi connectivity index (χ0) is 12.3. The number of hydrogen-bond donors (Lipinski definition) is 0. The van der Waals surface area contributed by atoms with Crippen molar-refractivity contribution in [1.82, 2.24) is 9.88 Å². The summed E-state index contributed by atoms with van der Waals surface area (Å²) in [5.41, 5.74) is 1.23. The second-order valence-corrected chi connectivity index (χ2v) is 5.45. The van der Waals surface area contributed by atoms with Crippen molar-refractivity contribution in [3.63, 3.8) is 0 Å². The van der Waals surface area contributed by atoms with Crippen LogP contribution in [-0.4, -0.2) is 48.5 Å². The summed E-state index contributed by atoms with van der Waals surface area (Å²) in [6.07, 6.45) is 1.88. The van der Waals surface area contributed by atoms with Crippen molar-refractivity contribution in [3.05, 3.63) is 22.3 Å². The SMILES string of the molecule is Cc1ccnc(N2CCN(CCCl)CC2)c1Br. The maximum Gasteiger partial charge on any atom is 0.143 e. The highest BCUT2D eigenvalue weighted by Crippen LogP contribution is 2.27. The average molecular weight is 319 g/mol. The van der Waals surface area contributed by atoms with Gasteiger partial charge in [-0.2, -0.15) is 0 Å². The molecule has 1 aromatic heterocycles. The number of aryl methyl sites for hydroxylation is 1. The van der Waals surface area contributed by atoms with Crippen molar-refractivity contribution < 1.29 is 0 Å². The molecule has 0 saturated carbocycles. The Hall–Kier alpha value is -0.320. The van der Waals surface area contributed by atoms with Crippen LogP contribution in [0.5, 0.6) is 0 Å². The molecule has 2 heterocycles. The Kier molecular flexibility index (Phi) is 4.65. The molecule has 5 heteroatoms. The molecule has 0 spiro atoms. The van der Waals surface area contributed by atoms with Gasteiger partial charge < -0.3 is 4.90 Å². The van der Waals surface area contributed by atoms with Crippen LogP contribution in [0.1, 0.15) is 5.56 Å². The Morgan fingerprint density at radius 3 is 2.71 bits per heavy atom. The average Bonchev–Trinajstić information content (AvgIpc) is 2.34. The van der Waals surface area contributed by atoms with Crippen molar-refractivity contribution in [2.24, 2.45) is 0 Å². The maximum atomic E-state index is 5.76. The van der Waals surface area contributed by atoms with Crippen molar-refractivity contribution in [3.8, 4) is 0 Å². The highest BCUT2D eigenvalue weighted by Gasteiger charge is 2.19. The monoisotopic (exact) mass is 317 g/mol. The summed E-state index contributed by atoms with van der Waals surface area (Å²) in [6, 6.07) is 2.03. The third-order valence-electron chi connectivity index (χ3n) is 3.14. The van der Waals surface area contributed by atoms with Crippen LogP contribution in [0, 0.1) is 6.92 Å². The first-order chi connectivity index (χ1) is 8.22. The summed E-state index contributed by atoms with van der Waals surface area (Å²) in [5, 5.41) is 0. The van der Waals surface area contributed by atoms with E-state index in [2.05, 4.69) is 37.6 Å². The van der Waals surface area contributed by atoms with Crippen LogP contribution in [0.3, 0.4) is 0 Å². The number of anilines is 1. The summed E-state index contributed by atoms with van der Waals surface area (Å²) < 4.78 is 1.12. The van der Waals surface area contributed by atoms with Gasteiger partial charge in [0.2, 0.25) is 0 Å². The van der Waals surface area contributed by atoms with E-state index in [0.29, 0.717) is 5.88 Å². The minimum atomic E-state index is 0.715. The van der Waals surface area contributed by atoms with E-state index >= 15 is 0 Å². The first-order valence-corrected chi connectivity index (χ1v) is 7.19. The zero-order valence-corrected chi connectivity index (χ0v) is 12.3. The number of alkyl halides is 1. The molecule has 0 aliphatic carbocycles. The van der Waals surface area contributed by atoms with E-state index in [0.717, 1.165) is 43.0 Å². The molecule has 1 aromatic rings. The molecule has 0 unspecified atom stereocenters. The fourth-order valence-corrected chi connectivity index (χ4v) is 2.77. The van der Waals surface area contributed by atoms with E-state index < -0.39 is 0 Å². The first-order valence-electron chi connectivity index (χ1n) is 5.86. The summed E-state index contributed by atoms with van der Waals surface area (Å²) in [4.78, 5) is 9.20. The van der Waals surface area contributed by atoms with E-state index in [-0.39, 0.29) is 0 Å². The third-order valence-corrected chi connectivity index (χ3v) is 4.29. The van der Waals surface area contributed by atoms with Gasteiger partial charge in [0.1, 0.15) is 5.82 Å². The van der Waals surface area contributed by atoms with E-state index in [1.165, 1.54) is 5.56 Å². The summed E-state index contributed by atoms with van der Waals surface area (Å²) in [6.45, 7) is 7.25. The Morgan fingerprint density at radius 1 is 1.35 bits per heavy atom. The van der Waals surface area contributed by atoms with Gasteiger partial charge in [0, 0.05) is 44.8 Å². The highest BCUT2D eigenvalue weighted by molar-refractivity contribution is 9.10. The molecule has 17 heavy (non-hydrogen) atoms.